The van der Waals surface area contributed by atoms with E-state index in [0.717, 1.165) is 34.2 Å². The Morgan fingerprint density at radius 3 is 2.20 bits per heavy atom. The van der Waals surface area contributed by atoms with Crippen molar-refractivity contribution in [3.05, 3.63) is 101 Å². The van der Waals surface area contributed by atoms with E-state index in [2.05, 4.69) is 17.4 Å². The lowest BCUT2D eigenvalue weighted by molar-refractivity contribution is -0.142. The monoisotopic (exact) mass is 472 g/mol. The van der Waals surface area contributed by atoms with E-state index in [4.69, 9.17) is 4.74 Å². The molecule has 5 heteroatoms. The molecule has 0 fully saturated rings. The van der Waals surface area contributed by atoms with E-state index in [1.807, 2.05) is 88.4 Å². The van der Waals surface area contributed by atoms with Crippen LogP contribution in [0.1, 0.15) is 41.2 Å². The summed E-state index contributed by atoms with van der Waals surface area (Å²) in [7, 11) is 0. The SMILES string of the molecule is CCCNC(=O)[C@@H](Cc1ccccc1)N(Cc1cccc(C)c1)C(=O)COc1cc(C)cc(C)c1. The van der Waals surface area contributed by atoms with Gasteiger partial charge in [-0.3, -0.25) is 9.59 Å². The molecule has 0 bridgehead atoms. The quantitative estimate of drug-likeness (QED) is 0.420. The number of carbonyl (C=O) groups is 2. The third-order valence-electron chi connectivity index (χ3n) is 5.81. The predicted molar refractivity (Wildman–Crippen MR) is 140 cm³/mol. The van der Waals surface area contributed by atoms with E-state index in [1.165, 1.54) is 0 Å². The Morgan fingerprint density at radius 1 is 0.857 bits per heavy atom. The number of hydrogen-bond acceptors (Lipinski definition) is 3. The second-order valence-electron chi connectivity index (χ2n) is 9.12. The lowest BCUT2D eigenvalue weighted by Gasteiger charge is -2.31. The summed E-state index contributed by atoms with van der Waals surface area (Å²) in [5.41, 5.74) is 5.24. The first kappa shape index (κ1) is 26.0. The number of nitrogens with zero attached hydrogens (tertiary/aromatic N) is 1. The van der Waals surface area contributed by atoms with Gasteiger partial charge in [-0.15, -0.1) is 0 Å². The molecule has 5 nitrogen and oxygen atoms in total. The largest absolute Gasteiger partial charge is 0.484 e. The molecule has 1 N–H and O–H groups in total. The molecular weight excluding hydrogens is 436 g/mol. The number of ether oxygens (including phenoxy) is 1. The molecule has 2 amide bonds. The summed E-state index contributed by atoms with van der Waals surface area (Å²) in [6.07, 6.45) is 1.25. The van der Waals surface area contributed by atoms with Gasteiger partial charge in [0, 0.05) is 19.5 Å². The van der Waals surface area contributed by atoms with E-state index in [-0.39, 0.29) is 18.4 Å². The Morgan fingerprint density at radius 2 is 1.54 bits per heavy atom. The molecule has 3 aromatic rings. The Hall–Kier alpha value is -3.60. The molecule has 0 radical (unpaired) electrons. The lowest BCUT2D eigenvalue weighted by Crippen LogP contribution is -2.51. The van der Waals surface area contributed by atoms with E-state index < -0.39 is 6.04 Å². The summed E-state index contributed by atoms with van der Waals surface area (Å²) in [6, 6.07) is 23.1. The van der Waals surface area contributed by atoms with Crippen LogP contribution in [-0.4, -0.2) is 35.9 Å². The second kappa shape index (κ2) is 12.7. The van der Waals surface area contributed by atoms with Crippen molar-refractivity contribution in [2.24, 2.45) is 0 Å². The number of amides is 2. The zero-order valence-corrected chi connectivity index (χ0v) is 21.2. The summed E-state index contributed by atoms with van der Waals surface area (Å²) in [4.78, 5) is 28.6. The maximum Gasteiger partial charge on any atom is 0.261 e. The van der Waals surface area contributed by atoms with Gasteiger partial charge in [0.25, 0.3) is 5.91 Å². The average molecular weight is 473 g/mol. The van der Waals surface area contributed by atoms with E-state index >= 15 is 0 Å². The van der Waals surface area contributed by atoms with Crippen molar-refractivity contribution in [3.63, 3.8) is 0 Å². The number of aryl methyl sites for hydroxylation is 3. The van der Waals surface area contributed by atoms with Gasteiger partial charge in [0.15, 0.2) is 6.61 Å². The first-order valence-corrected chi connectivity index (χ1v) is 12.2. The van der Waals surface area contributed by atoms with Crippen molar-refractivity contribution >= 4 is 11.8 Å². The van der Waals surface area contributed by atoms with Crippen molar-refractivity contribution in [1.82, 2.24) is 10.2 Å². The highest BCUT2D eigenvalue weighted by molar-refractivity contribution is 5.88. The third-order valence-corrected chi connectivity index (χ3v) is 5.81. The summed E-state index contributed by atoms with van der Waals surface area (Å²) in [5.74, 6) is 0.280. The van der Waals surface area contributed by atoms with Crippen molar-refractivity contribution in [3.8, 4) is 5.75 Å². The fourth-order valence-electron chi connectivity index (χ4n) is 4.17. The van der Waals surface area contributed by atoms with Crippen molar-refractivity contribution < 1.29 is 14.3 Å². The molecule has 0 spiro atoms. The number of rotatable bonds is 11. The van der Waals surface area contributed by atoms with Crippen molar-refractivity contribution in [2.45, 2.75) is 53.1 Å². The maximum absolute atomic E-state index is 13.6. The molecule has 0 aliphatic carbocycles. The van der Waals surface area contributed by atoms with Gasteiger partial charge in [-0.2, -0.15) is 0 Å². The van der Waals surface area contributed by atoms with Crippen molar-refractivity contribution in [1.29, 1.82) is 0 Å². The van der Waals surface area contributed by atoms with E-state index in [1.54, 1.807) is 4.90 Å². The molecular formula is C30H36N2O3. The molecule has 1 atom stereocenters. The molecule has 0 aliphatic rings. The average Bonchev–Trinajstić information content (AvgIpc) is 2.83. The van der Waals surface area contributed by atoms with Gasteiger partial charge in [0.1, 0.15) is 11.8 Å². The molecule has 3 aromatic carbocycles. The van der Waals surface area contributed by atoms with Crippen LogP contribution in [0.5, 0.6) is 5.75 Å². The summed E-state index contributed by atoms with van der Waals surface area (Å²) < 4.78 is 5.91. The number of benzene rings is 3. The van der Waals surface area contributed by atoms with Crippen LogP contribution in [0.3, 0.4) is 0 Å². The van der Waals surface area contributed by atoms with Crippen LogP contribution in [0.4, 0.5) is 0 Å². The minimum Gasteiger partial charge on any atom is -0.484 e. The third kappa shape index (κ3) is 7.99. The first-order valence-electron chi connectivity index (χ1n) is 12.2. The Kier molecular flexibility index (Phi) is 9.47. The van der Waals surface area contributed by atoms with Gasteiger partial charge >= 0.3 is 0 Å². The molecule has 0 saturated carbocycles. The molecule has 0 unspecified atom stereocenters. The first-order chi connectivity index (χ1) is 16.9. The van der Waals surface area contributed by atoms with Gasteiger partial charge < -0.3 is 15.0 Å². The Balaban J connectivity index is 1.90. The highest BCUT2D eigenvalue weighted by atomic mass is 16.5. The second-order valence-corrected chi connectivity index (χ2v) is 9.12. The summed E-state index contributed by atoms with van der Waals surface area (Å²) in [5, 5.41) is 3.00. The number of carbonyl (C=O) groups excluding carboxylic acids is 2. The molecule has 3 rings (SSSR count). The van der Waals surface area contributed by atoms with Crippen LogP contribution in [0, 0.1) is 20.8 Å². The van der Waals surface area contributed by atoms with Gasteiger partial charge in [-0.25, -0.2) is 0 Å². The highest BCUT2D eigenvalue weighted by Gasteiger charge is 2.30. The molecule has 0 saturated heterocycles. The van der Waals surface area contributed by atoms with Crippen LogP contribution in [0.2, 0.25) is 0 Å². The van der Waals surface area contributed by atoms with E-state index in [0.29, 0.717) is 25.3 Å². The zero-order valence-electron chi connectivity index (χ0n) is 21.2. The minimum atomic E-state index is -0.653. The maximum atomic E-state index is 13.6. The van der Waals surface area contributed by atoms with Crippen LogP contribution >= 0.6 is 0 Å². The van der Waals surface area contributed by atoms with Crippen LogP contribution in [0.25, 0.3) is 0 Å². The molecule has 0 heterocycles. The van der Waals surface area contributed by atoms with Crippen LogP contribution in [-0.2, 0) is 22.6 Å². The van der Waals surface area contributed by atoms with Gasteiger partial charge in [0.2, 0.25) is 5.91 Å². The fourth-order valence-corrected chi connectivity index (χ4v) is 4.17. The fraction of sp³-hybridized carbons (Fsp3) is 0.333. The zero-order chi connectivity index (χ0) is 25.2. The molecule has 0 aromatic heterocycles. The molecule has 184 valence electrons. The number of nitrogens with one attached hydrogen (secondary N) is 1. The van der Waals surface area contributed by atoms with Gasteiger partial charge in [0.05, 0.1) is 0 Å². The van der Waals surface area contributed by atoms with E-state index in [9.17, 15) is 9.59 Å². The van der Waals surface area contributed by atoms with Crippen LogP contribution in [0.15, 0.2) is 72.8 Å². The molecule has 0 aliphatic heterocycles. The standard InChI is InChI=1S/C30H36N2O3/c1-5-14-31-30(34)28(19-25-11-7-6-8-12-25)32(20-26-13-9-10-22(2)16-26)29(33)21-35-27-17-23(3)15-24(4)18-27/h6-13,15-18,28H,5,14,19-21H2,1-4H3,(H,31,34)/t28-/m1/s1. The Bertz CT molecular complexity index is 1110. The molecule has 35 heavy (non-hydrogen) atoms. The normalized spacial score (nSPS) is 11.5. The van der Waals surface area contributed by atoms with Gasteiger partial charge in [-0.1, -0.05) is 73.2 Å². The van der Waals surface area contributed by atoms with Crippen LogP contribution < -0.4 is 10.1 Å². The summed E-state index contributed by atoms with van der Waals surface area (Å²) >= 11 is 0. The summed E-state index contributed by atoms with van der Waals surface area (Å²) in [6.45, 7) is 8.79. The minimum absolute atomic E-state index is 0.138. The number of hydrogen-bond donors (Lipinski definition) is 1. The highest BCUT2D eigenvalue weighted by Crippen LogP contribution is 2.19. The smallest absolute Gasteiger partial charge is 0.261 e. The predicted octanol–water partition coefficient (Wildman–Crippen LogP) is 5.16. The van der Waals surface area contributed by atoms with Gasteiger partial charge in [-0.05, 0) is 61.6 Å². The Labute approximate surface area is 209 Å². The topological polar surface area (TPSA) is 58.6 Å². The lowest BCUT2D eigenvalue weighted by atomic mass is 10.0. The van der Waals surface area contributed by atoms with Crippen molar-refractivity contribution in [2.75, 3.05) is 13.2 Å².